The zero-order valence-corrected chi connectivity index (χ0v) is 20.7. The molecule has 0 saturated carbocycles. The molecular formula is C28H32N2O5. The van der Waals surface area contributed by atoms with Gasteiger partial charge in [0, 0.05) is 28.9 Å². The molecule has 0 unspecified atom stereocenters. The van der Waals surface area contributed by atoms with Crippen molar-refractivity contribution < 1.29 is 14.3 Å². The van der Waals surface area contributed by atoms with Crippen LogP contribution in [0.2, 0.25) is 0 Å². The molecule has 0 spiro atoms. The topological polar surface area (TPSA) is 102 Å². The number of hydrogen-bond donors (Lipinski definition) is 0. The number of ether oxygens (including phenoxy) is 1. The molecule has 35 heavy (non-hydrogen) atoms. The van der Waals surface area contributed by atoms with Crippen LogP contribution >= 0.6 is 0 Å². The molecule has 0 amide bonds. The number of ketones is 1. The van der Waals surface area contributed by atoms with E-state index in [1.165, 1.54) is 0 Å². The van der Waals surface area contributed by atoms with Crippen LogP contribution in [-0.2, 0) is 14.3 Å². The van der Waals surface area contributed by atoms with Crippen LogP contribution in [0.3, 0.4) is 0 Å². The molecule has 1 fully saturated rings. The molecule has 0 N–H and O–H groups in total. The third-order valence-corrected chi connectivity index (χ3v) is 6.70. The summed E-state index contributed by atoms with van der Waals surface area (Å²) in [6.45, 7) is 18.6. The Labute approximate surface area is 206 Å². The fourth-order valence-corrected chi connectivity index (χ4v) is 4.34. The van der Waals surface area contributed by atoms with E-state index in [-0.39, 0.29) is 22.8 Å². The van der Waals surface area contributed by atoms with Crippen molar-refractivity contribution in [2.75, 3.05) is 0 Å². The normalized spacial score (nSPS) is 31.0. The Balaban J connectivity index is 2.55. The summed E-state index contributed by atoms with van der Waals surface area (Å²) in [6, 6.07) is 7.03. The van der Waals surface area contributed by atoms with E-state index in [4.69, 9.17) is 4.74 Å². The summed E-state index contributed by atoms with van der Waals surface area (Å²) >= 11 is 0. The van der Waals surface area contributed by atoms with Crippen molar-refractivity contribution in [2.45, 2.75) is 52.3 Å². The molecule has 2 rings (SSSR count). The Morgan fingerprint density at radius 1 is 0.943 bits per heavy atom. The van der Waals surface area contributed by atoms with E-state index < -0.39 is 41.9 Å². The highest BCUT2D eigenvalue weighted by atomic mass is 16.5. The monoisotopic (exact) mass is 476 g/mol. The van der Waals surface area contributed by atoms with Crippen LogP contribution in [-0.4, -0.2) is 29.9 Å². The second-order valence-electron chi connectivity index (χ2n) is 9.26. The Morgan fingerprint density at radius 2 is 1.57 bits per heavy atom. The molecular weight excluding hydrogens is 444 g/mol. The molecule has 184 valence electrons. The second-order valence-corrected chi connectivity index (χ2v) is 9.26. The van der Waals surface area contributed by atoms with Crippen molar-refractivity contribution in [2.24, 2.45) is 34.0 Å². The Bertz CT molecular complexity index is 1080. The van der Waals surface area contributed by atoms with E-state index in [1.807, 2.05) is 30.3 Å². The molecule has 7 atom stereocenters. The van der Waals surface area contributed by atoms with Crippen molar-refractivity contribution >= 4 is 11.8 Å². The van der Waals surface area contributed by atoms with E-state index in [1.54, 1.807) is 27.7 Å². The maximum atomic E-state index is 13.1. The van der Waals surface area contributed by atoms with Gasteiger partial charge in [-0.15, -0.1) is 0 Å². The van der Waals surface area contributed by atoms with Crippen LogP contribution in [0.1, 0.15) is 39.7 Å². The molecule has 0 aliphatic carbocycles. The molecule has 1 aliphatic heterocycles. The van der Waals surface area contributed by atoms with Crippen LogP contribution in [0.4, 0.5) is 0 Å². The number of carbonyl (C=O) groups excluding carboxylic acids is 2. The van der Waals surface area contributed by atoms with Crippen molar-refractivity contribution in [3.8, 4) is 11.8 Å². The lowest BCUT2D eigenvalue weighted by molar-refractivity contribution is -0.143. The number of nitrogens with zero attached hydrogens (tertiary/aromatic N) is 2. The van der Waals surface area contributed by atoms with Crippen molar-refractivity contribution in [3.05, 3.63) is 82.2 Å². The van der Waals surface area contributed by atoms with Gasteiger partial charge in [0.15, 0.2) is 11.9 Å². The highest BCUT2D eigenvalue weighted by molar-refractivity contribution is 6.00. The van der Waals surface area contributed by atoms with Gasteiger partial charge in [-0.1, -0.05) is 87.8 Å². The van der Waals surface area contributed by atoms with Gasteiger partial charge in [-0.2, -0.15) is 9.81 Å². The van der Waals surface area contributed by atoms with E-state index in [0.717, 1.165) is 0 Å². The fourth-order valence-electron chi connectivity index (χ4n) is 4.34. The first-order chi connectivity index (χ1) is 16.5. The SMILES string of the molecule is C=C1C(=C)[C@@H](C)[C@@H](C#Cc2ccccc2)OC(=O)C(=C)[C@@H](N=O)[C@H](C)[C@@H](N=O)[C@@H](C)C[C@@H](C)C1=O. The number of esters is 1. The van der Waals surface area contributed by atoms with Gasteiger partial charge < -0.3 is 4.74 Å². The highest BCUT2D eigenvalue weighted by Gasteiger charge is 2.39. The maximum Gasteiger partial charge on any atom is 0.337 e. The second kappa shape index (κ2) is 12.2. The minimum atomic E-state index is -1.22. The Hall–Kier alpha value is -3.66. The standard InChI is InChI=1S/C28H32N2O5/c1-16-15-17(2)27(31)20(5)18(3)19(4)24(14-13-23-11-9-8-10-12-23)35-28(32)22(7)26(30-34)21(6)25(16)29-33/h8-12,16-17,19,21,24-26H,3,5,7,15H2,1-2,4,6H3/t16-,17+,19+,21+,24+,25-,26-/m0/s1. The Kier molecular flexibility index (Phi) is 9.59. The maximum absolute atomic E-state index is 13.1. The predicted octanol–water partition coefficient (Wildman–Crippen LogP) is 5.41. The van der Waals surface area contributed by atoms with Gasteiger partial charge in [-0.3, -0.25) is 4.79 Å². The average Bonchev–Trinajstić information content (AvgIpc) is 2.85. The van der Waals surface area contributed by atoms with E-state index in [9.17, 15) is 19.4 Å². The molecule has 1 aromatic rings. The van der Waals surface area contributed by atoms with Crippen LogP contribution < -0.4 is 0 Å². The van der Waals surface area contributed by atoms with Crippen LogP contribution in [0.15, 0.2) is 77.1 Å². The molecule has 1 aliphatic rings. The van der Waals surface area contributed by atoms with Gasteiger partial charge in [-0.05, 0) is 30.0 Å². The number of Topliss-reactive ketones (excluding diaryl/α,β-unsaturated/α-hetero) is 1. The quantitative estimate of drug-likeness (QED) is 0.246. The fraction of sp³-hybridized carbons (Fsp3) is 0.429. The first-order valence-electron chi connectivity index (χ1n) is 11.6. The lowest BCUT2D eigenvalue weighted by Crippen LogP contribution is -2.37. The molecule has 7 nitrogen and oxygen atoms in total. The first kappa shape index (κ1) is 27.6. The minimum Gasteiger partial charge on any atom is -0.445 e. The van der Waals surface area contributed by atoms with Gasteiger partial charge in [0.2, 0.25) is 0 Å². The number of nitroso groups, excluding NO2 is 2. The zero-order chi connectivity index (χ0) is 26.3. The third kappa shape index (κ3) is 6.48. The van der Waals surface area contributed by atoms with Crippen molar-refractivity contribution in [3.63, 3.8) is 0 Å². The third-order valence-electron chi connectivity index (χ3n) is 6.70. The number of carbonyl (C=O) groups is 2. The molecule has 0 radical (unpaired) electrons. The first-order valence-corrected chi connectivity index (χ1v) is 11.6. The number of benzene rings is 1. The number of allylic oxidation sites excluding steroid dienone is 1. The van der Waals surface area contributed by atoms with Crippen LogP contribution in [0.5, 0.6) is 0 Å². The summed E-state index contributed by atoms with van der Waals surface area (Å²) in [6.07, 6.45) is -0.670. The lowest BCUT2D eigenvalue weighted by atomic mass is 9.78. The van der Waals surface area contributed by atoms with Gasteiger partial charge in [0.25, 0.3) is 0 Å². The zero-order valence-electron chi connectivity index (χ0n) is 20.7. The summed E-state index contributed by atoms with van der Waals surface area (Å²) in [7, 11) is 0. The highest BCUT2D eigenvalue weighted by Crippen LogP contribution is 2.33. The average molecular weight is 477 g/mol. The summed E-state index contributed by atoms with van der Waals surface area (Å²) in [4.78, 5) is 49.6. The van der Waals surface area contributed by atoms with E-state index in [2.05, 4.69) is 41.9 Å². The van der Waals surface area contributed by atoms with Gasteiger partial charge in [-0.25, -0.2) is 4.79 Å². The largest absolute Gasteiger partial charge is 0.445 e. The number of hydrogen-bond acceptors (Lipinski definition) is 7. The van der Waals surface area contributed by atoms with E-state index in [0.29, 0.717) is 17.6 Å². The minimum absolute atomic E-state index is 0.183. The summed E-state index contributed by atoms with van der Waals surface area (Å²) in [5.41, 5.74) is 1.13. The number of cyclic esters (lactones) is 1. The van der Waals surface area contributed by atoms with Gasteiger partial charge >= 0.3 is 5.97 Å². The number of rotatable bonds is 2. The van der Waals surface area contributed by atoms with E-state index >= 15 is 0 Å². The molecule has 1 heterocycles. The van der Waals surface area contributed by atoms with Crippen LogP contribution in [0.25, 0.3) is 0 Å². The van der Waals surface area contributed by atoms with Crippen LogP contribution in [0, 0.1) is 45.3 Å². The summed E-state index contributed by atoms with van der Waals surface area (Å²) in [5.74, 6) is 2.69. The van der Waals surface area contributed by atoms with Gasteiger partial charge in [0.05, 0.1) is 11.6 Å². The Morgan fingerprint density at radius 3 is 2.14 bits per heavy atom. The molecule has 1 saturated heterocycles. The van der Waals surface area contributed by atoms with Crippen molar-refractivity contribution in [1.82, 2.24) is 0 Å². The summed E-state index contributed by atoms with van der Waals surface area (Å²) < 4.78 is 5.67. The van der Waals surface area contributed by atoms with Gasteiger partial charge in [0.1, 0.15) is 6.04 Å². The molecule has 7 heteroatoms. The van der Waals surface area contributed by atoms with Crippen molar-refractivity contribution in [1.29, 1.82) is 0 Å². The molecule has 1 aromatic carbocycles. The molecule has 0 bridgehead atoms. The smallest absolute Gasteiger partial charge is 0.337 e. The molecule has 0 aromatic heterocycles. The lowest BCUT2D eigenvalue weighted by Gasteiger charge is -2.30. The predicted molar refractivity (Wildman–Crippen MR) is 136 cm³/mol. The summed E-state index contributed by atoms with van der Waals surface area (Å²) in [5, 5.41) is 6.28.